The summed E-state index contributed by atoms with van der Waals surface area (Å²) in [7, 11) is 1.56. The molecule has 6 nitrogen and oxygen atoms in total. The van der Waals surface area contributed by atoms with Crippen molar-refractivity contribution in [3.63, 3.8) is 0 Å². The number of methoxy groups -OCH3 is 1. The predicted octanol–water partition coefficient (Wildman–Crippen LogP) is 5.43. The lowest BCUT2D eigenvalue weighted by Crippen LogP contribution is -2.27. The van der Waals surface area contributed by atoms with E-state index in [0.29, 0.717) is 26.4 Å². The number of thioether (sulfide) groups is 1. The Labute approximate surface area is 207 Å². The van der Waals surface area contributed by atoms with Crippen molar-refractivity contribution in [3.8, 4) is 11.5 Å². The van der Waals surface area contributed by atoms with Gasteiger partial charge < -0.3 is 14.8 Å². The molecule has 172 valence electrons. The molecule has 4 rings (SSSR count). The van der Waals surface area contributed by atoms with Crippen LogP contribution in [0.1, 0.15) is 11.1 Å². The van der Waals surface area contributed by atoms with Crippen LogP contribution in [0.25, 0.3) is 6.08 Å². The summed E-state index contributed by atoms with van der Waals surface area (Å²) >= 11 is 6.69. The summed E-state index contributed by atoms with van der Waals surface area (Å²) in [5, 5.41) is 2.81. The van der Waals surface area contributed by atoms with Crippen LogP contribution in [0.2, 0.25) is 0 Å². The molecule has 0 bridgehead atoms. The predicted molar refractivity (Wildman–Crippen MR) is 140 cm³/mol. The summed E-state index contributed by atoms with van der Waals surface area (Å²) in [5.74, 6) is 0.688. The minimum atomic E-state index is -0.241. The molecule has 1 saturated heterocycles. The van der Waals surface area contributed by atoms with Crippen LogP contribution < -0.4 is 19.7 Å². The minimum Gasteiger partial charge on any atom is -0.495 e. The molecule has 0 unspecified atom stereocenters. The molecule has 0 aromatic heterocycles. The molecule has 34 heavy (non-hydrogen) atoms. The van der Waals surface area contributed by atoms with Crippen LogP contribution in [-0.4, -0.2) is 29.9 Å². The molecule has 1 aliphatic rings. The number of aryl methyl sites for hydroxylation is 1. The number of rotatable bonds is 7. The molecule has 3 aromatic rings. The molecule has 1 aliphatic heterocycles. The molecule has 1 heterocycles. The molecule has 0 radical (unpaired) electrons. The number of hydrogen-bond donors (Lipinski definition) is 1. The van der Waals surface area contributed by atoms with E-state index in [1.54, 1.807) is 37.5 Å². The molecule has 2 amide bonds. The van der Waals surface area contributed by atoms with E-state index < -0.39 is 0 Å². The molecule has 0 aliphatic carbocycles. The third-order valence-electron chi connectivity index (χ3n) is 4.97. The van der Waals surface area contributed by atoms with Gasteiger partial charge in [0.2, 0.25) is 0 Å². The average molecular weight is 491 g/mol. The number of anilines is 2. The largest absolute Gasteiger partial charge is 0.495 e. The fourth-order valence-corrected chi connectivity index (χ4v) is 4.66. The molecule has 0 saturated carbocycles. The van der Waals surface area contributed by atoms with Gasteiger partial charge in [-0.05, 0) is 60.5 Å². The second-order valence-corrected chi connectivity index (χ2v) is 9.14. The first-order chi connectivity index (χ1) is 16.4. The summed E-state index contributed by atoms with van der Waals surface area (Å²) in [5.41, 5.74) is 3.23. The van der Waals surface area contributed by atoms with Crippen LogP contribution in [0.5, 0.6) is 11.5 Å². The monoisotopic (exact) mass is 490 g/mol. The summed E-state index contributed by atoms with van der Waals surface area (Å²) in [4.78, 5) is 27.2. The zero-order valence-corrected chi connectivity index (χ0v) is 20.2. The zero-order valence-electron chi connectivity index (χ0n) is 18.6. The maximum Gasteiger partial charge on any atom is 0.270 e. The number of nitrogens with one attached hydrogen (secondary N) is 1. The van der Waals surface area contributed by atoms with Crippen LogP contribution in [0.4, 0.5) is 11.4 Å². The molecular weight excluding hydrogens is 468 g/mol. The smallest absolute Gasteiger partial charge is 0.270 e. The Morgan fingerprint density at radius 2 is 1.85 bits per heavy atom. The third-order valence-corrected chi connectivity index (χ3v) is 6.27. The van der Waals surface area contributed by atoms with Crippen molar-refractivity contribution >= 4 is 57.6 Å². The highest BCUT2D eigenvalue weighted by molar-refractivity contribution is 8.27. The lowest BCUT2D eigenvalue weighted by molar-refractivity contribution is -0.118. The second kappa shape index (κ2) is 10.5. The third kappa shape index (κ3) is 5.47. The van der Waals surface area contributed by atoms with E-state index in [1.165, 1.54) is 16.7 Å². The average Bonchev–Trinajstić information content (AvgIpc) is 3.11. The molecular formula is C26H22N2O4S2. The van der Waals surface area contributed by atoms with Gasteiger partial charge in [-0.25, -0.2) is 0 Å². The number of benzene rings is 3. The van der Waals surface area contributed by atoms with Crippen LogP contribution in [0, 0.1) is 6.92 Å². The molecule has 8 heteroatoms. The van der Waals surface area contributed by atoms with Crippen molar-refractivity contribution in [1.29, 1.82) is 0 Å². The van der Waals surface area contributed by atoms with Crippen molar-refractivity contribution in [2.24, 2.45) is 0 Å². The fraction of sp³-hybridized carbons (Fsp3) is 0.115. The van der Waals surface area contributed by atoms with Crippen LogP contribution in [0.15, 0.2) is 77.7 Å². The maximum absolute atomic E-state index is 13.0. The van der Waals surface area contributed by atoms with E-state index in [4.69, 9.17) is 21.7 Å². The molecule has 1 N–H and O–H groups in total. The number of carbonyl (C=O) groups excluding carboxylic acids is 2. The van der Waals surface area contributed by atoms with E-state index in [1.807, 2.05) is 55.5 Å². The van der Waals surface area contributed by atoms with Crippen LogP contribution in [0.3, 0.4) is 0 Å². The van der Waals surface area contributed by atoms with Gasteiger partial charge >= 0.3 is 0 Å². The first-order valence-corrected chi connectivity index (χ1v) is 11.7. The fourth-order valence-electron chi connectivity index (χ4n) is 3.37. The first-order valence-electron chi connectivity index (χ1n) is 10.4. The number of carbonyl (C=O) groups is 2. The lowest BCUT2D eigenvalue weighted by atomic mass is 10.2. The van der Waals surface area contributed by atoms with E-state index in [-0.39, 0.29) is 18.4 Å². The first kappa shape index (κ1) is 23.5. The Morgan fingerprint density at radius 1 is 1.09 bits per heavy atom. The highest BCUT2D eigenvalue weighted by Crippen LogP contribution is 2.39. The van der Waals surface area contributed by atoms with Crippen molar-refractivity contribution in [1.82, 2.24) is 0 Å². The van der Waals surface area contributed by atoms with Gasteiger partial charge in [0.25, 0.3) is 11.8 Å². The highest BCUT2D eigenvalue weighted by Gasteiger charge is 2.34. The molecule has 0 atom stereocenters. The van der Waals surface area contributed by atoms with Gasteiger partial charge in [-0.1, -0.05) is 60.4 Å². The standard InChI is InChI=1S/C26H22N2O4S2/c1-17-6-5-7-19(14-17)27-24(29)16-32-20-12-10-18(11-13-20)15-23-25(30)28(26(33)34-23)21-8-3-4-9-22(21)31-2/h3-15H,16H2,1-2H3,(H,27,29)/b23-15+. The lowest BCUT2D eigenvalue weighted by Gasteiger charge is -2.17. The topological polar surface area (TPSA) is 67.9 Å². The number of hydrogen-bond acceptors (Lipinski definition) is 6. The van der Waals surface area contributed by atoms with Crippen molar-refractivity contribution in [2.45, 2.75) is 6.92 Å². The van der Waals surface area contributed by atoms with Gasteiger partial charge in [-0.2, -0.15) is 0 Å². The Morgan fingerprint density at radius 3 is 2.59 bits per heavy atom. The van der Waals surface area contributed by atoms with Crippen molar-refractivity contribution < 1.29 is 19.1 Å². The maximum atomic E-state index is 13.0. The van der Waals surface area contributed by atoms with Gasteiger partial charge in [0.05, 0.1) is 17.7 Å². The number of para-hydroxylation sites is 2. The second-order valence-electron chi connectivity index (χ2n) is 7.46. The molecule has 1 fully saturated rings. The van der Waals surface area contributed by atoms with Crippen LogP contribution in [-0.2, 0) is 9.59 Å². The SMILES string of the molecule is COc1ccccc1N1C(=O)/C(=C\c2ccc(OCC(=O)Nc3cccc(C)c3)cc2)SC1=S. The Balaban J connectivity index is 1.39. The van der Waals surface area contributed by atoms with Gasteiger partial charge in [0, 0.05) is 5.69 Å². The number of nitrogens with zero attached hydrogens (tertiary/aromatic N) is 1. The quantitative estimate of drug-likeness (QED) is 0.352. The van der Waals surface area contributed by atoms with Crippen molar-refractivity contribution in [2.75, 3.05) is 23.9 Å². The number of ether oxygens (including phenoxy) is 2. The normalized spacial score (nSPS) is 14.4. The Kier molecular flexibility index (Phi) is 7.30. The summed E-state index contributed by atoms with van der Waals surface area (Å²) in [6.07, 6.45) is 1.78. The Bertz CT molecular complexity index is 1270. The molecule has 3 aromatic carbocycles. The van der Waals surface area contributed by atoms with E-state index in [9.17, 15) is 9.59 Å². The van der Waals surface area contributed by atoms with Crippen LogP contribution >= 0.6 is 24.0 Å². The van der Waals surface area contributed by atoms with Gasteiger partial charge in [0.1, 0.15) is 11.5 Å². The number of thiocarbonyl (C=S) groups is 1. The van der Waals surface area contributed by atoms with E-state index >= 15 is 0 Å². The summed E-state index contributed by atoms with van der Waals surface area (Å²) in [6.45, 7) is 1.86. The highest BCUT2D eigenvalue weighted by atomic mass is 32.2. The zero-order chi connectivity index (χ0) is 24.1. The van der Waals surface area contributed by atoms with E-state index in [0.717, 1.165) is 16.8 Å². The molecule has 0 spiro atoms. The number of amides is 2. The van der Waals surface area contributed by atoms with Gasteiger partial charge in [0.15, 0.2) is 10.9 Å². The summed E-state index contributed by atoms with van der Waals surface area (Å²) < 4.78 is 11.4. The minimum absolute atomic E-state index is 0.106. The summed E-state index contributed by atoms with van der Waals surface area (Å²) in [6, 6.07) is 22.0. The van der Waals surface area contributed by atoms with Gasteiger partial charge in [-0.3, -0.25) is 14.5 Å². The van der Waals surface area contributed by atoms with Gasteiger partial charge in [-0.15, -0.1) is 0 Å². The van der Waals surface area contributed by atoms with E-state index in [2.05, 4.69) is 5.32 Å². The van der Waals surface area contributed by atoms with Crippen molar-refractivity contribution in [3.05, 3.63) is 88.8 Å². The Hall–Kier alpha value is -3.62.